The topological polar surface area (TPSA) is 24.7 Å². The van der Waals surface area contributed by atoms with Gasteiger partial charge in [-0.2, -0.15) is 0 Å². The molecule has 0 bridgehead atoms. The first kappa shape index (κ1) is 9.65. The molecule has 0 heterocycles. The second-order valence-electron chi connectivity index (χ2n) is 3.02. The SMILES string of the molecule is C=NC(=NC)c1cc(C)ccc1C. The first-order valence-corrected chi connectivity index (χ1v) is 4.20. The Morgan fingerprint density at radius 2 is 2.00 bits per heavy atom. The molecular weight excluding hydrogens is 160 g/mol. The lowest BCUT2D eigenvalue weighted by atomic mass is 10.1. The van der Waals surface area contributed by atoms with Crippen molar-refractivity contribution in [2.75, 3.05) is 7.05 Å². The van der Waals surface area contributed by atoms with E-state index in [0.29, 0.717) is 5.84 Å². The maximum atomic E-state index is 4.07. The van der Waals surface area contributed by atoms with Crippen LogP contribution >= 0.6 is 0 Å². The van der Waals surface area contributed by atoms with Crippen molar-refractivity contribution < 1.29 is 0 Å². The molecule has 0 radical (unpaired) electrons. The minimum atomic E-state index is 0.709. The van der Waals surface area contributed by atoms with Crippen LogP contribution in [0.4, 0.5) is 0 Å². The van der Waals surface area contributed by atoms with Crippen LogP contribution in [0.15, 0.2) is 28.2 Å². The fourth-order valence-corrected chi connectivity index (χ4v) is 1.25. The van der Waals surface area contributed by atoms with Crippen LogP contribution in [0, 0.1) is 13.8 Å². The average molecular weight is 174 g/mol. The number of aryl methyl sites for hydroxylation is 2. The molecule has 68 valence electrons. The second-order valence-corrected chi connectivity index (χ2v) is 3.02. The zero-order valence-electron chi connectivity index (χ0n) is 8.33. The van der Waals surface area contributed by atoms with E-state index in [1.807, 2.05) is 6.92 Å². The van der Waals surface area contributed by atoms with Gasteiger partial charge in [0, 0.05) is 12.6 Å². The van der Waals surface area contributed by atoms with Crippen molar-refractivity contribution in [2.24, 2.45) is 9.98 Å². The van der Waals surface area contributed by atoms with E-state index in [4.69, 9.17) is 0 Å². The molecule has 2 nitrogen and oxygen atoms in total. The van der Waals surface area contributed by atoms with Gasteiger partial charge in [0.1, 0.15) is 0 Å². The third-order valence-corrected chi connectivity index (χ3v) is 2.00. The van der Waals surface area contributed by atoms with E-state index >= 15 is 0 Å². The van der Waals surface area contributed by atoms with Gasteiger partial charge in [0.2, 0.25) is 0 Å². The second kappa shape index (κ2) is 3.99. The molecule has 1 aromatic rings. The summed E-state index contributed by atoms with van der Waals surface area (Å²) >= 11 is 0. The molecule has 13 heavy (non-hydrogen) atoms. The van der Waals surface area contributed by atoms with Crippen molar-refractivity contribution in [1.29, 1.82) is 0 Å². The molecule has 0 N–H and O–H groups in total. The Labute approximate surface area is 79.0 Å². The maximum absolute atomic E-state index is 4.07. The molecule has 0 atom stereocenters. The van der Waals surface area contributed by atoms with E-state index < -0.39 is 0 Å². The van der Waals surface area contributed by atoms with Crippen molar-refractivity contribution in [3.05, 3.63) is 34.9 Å². The van der Waals surface area contributed by atoms with Crippen LogP contribution in [0.25, 0.3) is 0 Å². The monoisotopic (exact) mass is 174 g/mol. The van der Waals surface area contributed by atoms with Gasteiger partial charge in [-0.1, -0.05) is 17.7 Å². The number of hydrogen-bond donors (Lipinski definition) is 0. The van der Waals surface area contributed by atoms with Crippen LogP contribution in [0.1, 0.15) is 16.7 Å². The molecule has 0 saturated carbocycles. The van der Waals surface area contributed by atoms with Gasteiger partial charge in [0.25, 0.3) is 0 Å². The third kappa shape index (κ3) is 2.02. The molecule has 1 aromatic carbocycles. The van der Waals surface area contributed by atoms with Gasteiger partial charge >= 0.3 is 0 Å². The van der Waals surface area contributed by atoms with Crippen molar-refractivity contribution in [2.45, 2.75) is 13.8 Å². The highest BCUT2D eigenvalue weighted by molar-refractivity contribution is 6.02. The van der Waals surface area contributed by atoms with Crippen LogP contribution in [-0.4, -0.2) is 19.6 Å². The molecule has 0 aliphatic rings. The van der Waals surface area contributed by atoms with E-state index in [1.54, 1.807) is 7.05 Å². The largest absolute Gasteiger partial charge is 0.270 e. The maximum Gasteiger partial charge on any atom is 0.153 e. The fraction of sp³-hybridized carbons (Fsp3) is 0.273. The highest BCUT2D eigenvalue weighted by atomic mass is 14.9. The highest BCUT2D eigenvalue weighted by Gasteiger charge is 2.03. The first-order valence-electron chi connectivity index (χ1n) is 4.20. The third-order valence-electron chi connectivity index (χ3n) is 2.00. The van der Waals surface area contributed by atoms with E-state index in [0.717, 1.165) is 5.56 Å². The van der Waals surface area contributed by atoms with Gasteiger partial charge in [-0.15, -0.1) is 0 Å². The predicted octanol–water partition coefficient (Wildman–Crippen LogP) is 2.38. The lowest BCUT2D eigenvalue weighted by molar-refractivity contribution is 1.33. The number of nitrogens with zero attached hydrogens (tertiary/aromatic N) is 2. The minimum Gasteiger partial charge on any atom is -0.270 e. The Morgan fingerprint density at radius 1 is 1.31 bits per heavy atom. The summed E-state index contributed by atoms with van der Waals surface area (Å²) in [5.41, 5.74) is 3.46. The summed E-state index contributed by atoms with van der Waals surface area (Å²) in [4.78, 5) is 7.94. The lowest BCUT2D eigenvalue weighted by Crippen LogP contribution is -1.99. The summed E-state index contributed by atoms with van der Waals surface area (Å²) in [6.45, 7) is 7.60. The molecule has 0 aliphatic carbocycles. The minimum absolute atomic E-state index is 0.709. The number of amidine groups is 1. The van der Waals surface area contributed by atoms with Crippen LogP contribution in [0.5, 0.6) is 0 Å². The van der Waals surface area contributed by atoms with Crippen molar-refractivity contribution in [3.8, 4) is 0 Å². The van der Waals surface area contributed by atoms with E-state index in [9.17, 15) is 0 Å². The van der Waals surface area contributed by atoms with Gasteiger partial charge in [0.15, 0.2) is 5.84 Å². The fourth-order valence-electron chi connectivity index (χ4n) is 1.25. The number of rotatable bonds is 1. The highest BCUT2D eigenvalue weighted by Crippen LogP contribution is 2.12. The Morgan fingerprint density at radius 3 is 2.54 bits per heavy atom. The van der Waals surface area contributed by atoms with E-state index in [-0.39, 0.29) is 0 Å². The van der Waals surface area contributed by atoms with Crippen molar-refractivity contribution in [1.82, 2.24) is 0 Å². The van der Waals surface area contributed by atoms with Gasteiger partial charge in [-0.05, 0) is 32.2 Å². The van der Waals surface area contributed by atoms with E-state index in [1.165, 1.54) is 11.1 Å². The lowest BCUT2D eigenvalue weighted by Gasteiger charge is -2.05. The van der Waals surface area contributed by atoms with Gasteiger partial charge in [0.05, 0.1) is 0 Å². The average Bonchev–Trinajstić information content (AvgIpc) is 2.13. The molecule has 0 spiro atoms. The number of aliphatic imine (C=N–C) groups is 2. The molecule has 2 heteroatoms. The summed E-state index contributed by atoms with van der Waals surface area (Å²) in [6, 6.07) is 6.22. The molecule has 0 saturated heterocycles. The quantitative estimate of drug-likeness (QED) is 0.461. The molecule has 0 aromatic heterocycles. The summed E-state index contributed by atoms with van der Waals surface area (Å²) in [5, 5.41) is 0. The van der Waals surface area contributed by atoms with Crippen LogP contribution in [0.3, 0.4) is 0 Å². The molecule has 0 amide bonds. The number of hydrogen-bond acceptors (Lipinski definition) is 1. The van der Waals surface area contributed by atoms with Crippen LogP contribution in [0.2, 0.25) is 0 Å². The summed E-state index contributed by atoms with van der Waals surface area (Å²) in [5.74, 6) is 0.709. The van der Waals surface area contributed by atoms with Crippen LogP contribution < -0.4 is 0 Å². The summed E-state index contributed by atoms with van der Waals surface area (Å²) in [7, 11) is 1.73. The molecule has 0 unspecified atom stereocenters. The molecule has 0 fully saturated rings. The summed E-state index contributed by atoms with van der Waals surface area (Å²) in [6.07, 6.45) is 0. The Bertz CT molecular complexity index is 351. The Kier molecular flexibility index (Phi) is 2.96. The Balaban J connectivity index is 3.27. The zero-order chi connectivity index (χ0) is 9.84. The van der Waals surface area contributed by atoms with Crippen LogP contribution in [-0.2, 0) is 0 Å². The summed E-state index contributed by atoms with van der Waals surface area (Å²) < 4.78 is 0. The molecular formula is C11H14N2. The standard InChI is InChI=1S/C11H14N2/c1-8-5-6-9(2)10(7-8)11(12-3)13-4/h5-7H,3H2,1-2,4H3. The van der Waals surface area contributed by atoms with E-state index in [2.05, 4.69) is 41.8 Å². The number of benzene rings is 1. The van der Waals surface area contributed by atoms with Crippen molar-refractivity contribution in [3.63, 3.8) is 0 Å². The smallest absolute Gasteiger partial charge is 0.153 e. The predicted molar refractivity (Wildman–Crippen MR) is 57.9 cm³/mol. The normalized spacial score (nSPS) is 11.5. The molecule has 0 aliphatic heterocycles. The zero-order valence-corrected chi connectivity index (χ0v) is 8.33. The van der Waals surface area contributed by atoms with Gasteiger partial charge < -0.3 is 0 Å². The van der Waals surface area contributed by atoms with Gasteiger partial charge in [-0.3, -0.25) is 4.99 Å². The molecule has 1 rings (SSSR count). The first-order chi connectivity index (χ1) is 6.19. The van der Waals surface area contributed by atoms with Gasteiger partial charge in [-0.25, -0.2) is 4.99 Å². The Hall–Kier alpha value is -1.44. The van der Waals surface area contributed by atoms with Crippen molar-refractivity contribution >= 4 is 12.6 Å².